The van der Waals surface area contributed by atoms with Crippen LogP contribution >= 0.6 is 11.6 Å². The first-order valence-corrected chi connectivity index (χ1v) is 13.8. The van der Waals surface area contributed by atoms with Gasteiger partial charge >= 0.3 is 18.2 Å². The number of hydrogen-bond acceptors (Lipinski definition) is 3. The van der Waals surface area contributed by atoms with E-state index in [2.05, 4.69) is 43.2 Å². The summed E-state index contributed by atoms with van der Waals surface area (Å²) in [5.74, 6) is -0.550. The lowest BCUT2D eigenvalue weighted by atomic mass is 10.1. The molecule has 3 aromatic carbocycles. The Bertz CT molecular complexity index is 1610. The highest BCUT2D eigenvalue weighted by Crippen LogP contribution is 2.37. The maximum atomic E-state index is 13.4. The molecule has 1 heterocycles. The smallest absolute Gasteiger partial charge is 0.417 e. The molecule has 4 rings (SSSR count). The fraction of sp³-hybridized carbons (Fsp3) is 0.290. The van der Waals surface area contributed by atoms with Gasteiger partial charge in [-0.1, -0.05) is 57.5 Å². The van der Waals surface area contributed by atoms with E-state index in [1.54, 1.807) is 34.9 Å². The van der Waals surface area contributed by atoms with Crippen LogP contribution < -0.4 is 15.5 Å². The Labute approximate surface area is 246 Å². The molecule has 1 aromatic heterocycles. The zero-order valence-electron chi connectivity index (χ0n) is 23.6. The number of hydrogen-bond donors (Lipinski definition) is 3. The number of amides is 2. The van der Waals surface area contributed by atoms with Gasteiger partial charge < -0.3 is 25.2 Å². The number of carbonyl (C=O) groups is 2. The summed E-state index contributed by atoms with van der Waals surface area (Å²) in [6.45, 7) is 9.65. The van der Waals surface area contributed by atoms with Gasteiger partial charge in [0.25, 0.3) is 0 Å². The van der Waals surface area contributed by atoms with Gasteiger partial charge in [-0.15, -0.1) is 0 Å². The van der Waals surface area contributed by atoms with Crippen LogP contribution in [0.2, 0.25) is 5.02 Å². The van der Waals surface area contributed by atoms with Crippen LogP contribution in [0.4, 0.5) is 35.0 Å². The van der Waals surface area contributed by atoms with E-state index in [9.17, 15) is 27.9 Å². The molecule has 0 aliphatic carbocycles. The van der Waals surface area contributed by atoms with Crippen LogP contribution in [0.5, 0.6) is 0 Å². The summed E-state index contributed by atoms with van der Waals surface area (Å²) in [5, 5.41) is 15.5. The number of para-hydroxylation sites is 1. The number of carbonyl (C=O) groups excluding carboxylic acids is 1. The minimum Gasteiger partial charge on any atom is -0.477 e. The van der Waals surface area contributed by atoms with Gasteiger partial charge in [-0.05, 0) is 60.4 Å². The average Bonchev–Trinajstić information content (AvgIpc) is 3.28. The van der Waals surface area contributed by atoms with Gasteiger partial charge in [0.05, 0.1) is 27.5 Å². The molecule has 0 aliphatic heterocycles. The van der Waals surface area contributed by atoms with Crippen LogP contribution in [-0.4, -0.2) is 34.8 Å². The summed E-state index contributed by atoms with van der Waals surface area (Å²) in [4.78, 5) is 27.5. The van der Waals surface area contributed by atoms with Crippen molar-refractivity contribution in [2.45, 2.75) is 33.9 Å². The summed E-state index contributed by atoms with van der Waals surface area (Å²) >= 11 is 5.73. The second-order valence-corrected chi connectivity index (χ2v) is 11.3. The van der Waals surface area contributed by atoms with Crippen molar-refractivity contribution in [3.05, 3.63) is 83.0 Å². The molecule has 0 spiro atoms. The molecule has 0 unspecified atom stereocenters. The van der Waals surface area contributed by atoms with Crippen molar-refractivity contribution < 1.29 is 27.9 Å². The minimum atomic E-state index is -4.69. The third-order valence-corrected chi connectivity index (χ3v) is 6.79. The van der Waals surface area contributed by atoms with Crippen LogP contribution in [0, 0.1) is 11.8 Å². The molecule has 222 valence electrons. The summed E-state index contributed by atoms with van der Waals surface area (Å²) in [6, 6.07) is 16.5. The Morgan fingerprint density at radius 1 is 0.929 bits per heavy atom. The number of aromatic carboxylic acids is 1. The summed E-state index contributed by atoms with van der Waals surface area (Å²) in [6.07, 6.45) is -4.69. The largest absolute Gasteiger partial charge is 0.477 e. The van der Waals surface area contributed by atoms with Crippen LogP contribution in [0.15, 0.2) is 66.7 Å². The molecular formula is C31H32ClF3N4O3. The Hall–Kier alpha value is -4.18. The van der Waals surface area contributed by atoms with Gasteiger partial charge in [0.1, 0.15) is 5.69 Å². The monoisotopic (exact) mass is 600 g/mol. The number of alkyl halides is 3. The summed E-state index contributed by atoms with van der Waals surface area (Å²) in [5.41, 5.74) is 1.11. The molecule has 0 radical (unpaired) electrons. The van der Waals surface area contributed by atoms with Crippen molar-refractivity contribution in [3.8, 4) is 5.69 Å². The number of urea groups is 1. The molecule has 7 nitrogen and oxygen atoms in total. The molecule has 0 aliphatic rings. The van der Waals surface area contributed by atoms with Gasteiger partial charge in [0, 0.05) is 29.9 Å². The number of carboxylic acids is 1. The molecule has 3 N–H and O–H groups in total. The zero-order valence-corrected chi connectivity index (χ0v) is 24.3. The number of nitrogens with one attached hydrogen (secondary N) is 2. The quantitative estimate of drug-likeness (QED) is 0.179. The molecule has 2 amide bonds. The number of halogens is 4. The number of anilines is 3. The van der Waals surface area contributed by atoms with Gasteiger partial charge in [0.15, 0.2) is 0 Å². The molecular weight excluding hydrogens is 569 g/mol. The van der Waals surface area contributed by atoms with Crippen LogP contribution in [-0.2, 0) is 6.18 Å². The van der Waals surface area contributed by atoms with E-state index in [1.165, 1.54) is 6.07 Å². The van der Waals surface area contributed by atoms with Gasteiger partial charge in [0.2, 0.25) is 0 Å². The summed E-state index contributed by atoms with van der Waals surface area (Å²) in [7, 11) is 0. The number of carboxylic acid groups (broad SMARTS) is 1. The Kier molecular flexibility index (Phi) is 9.06. The first kappa shape index (κ1) is 30.8. The van der Waals surface area contributed by atoms with E-state index in [0.717, 1.165) is 17.5 Å². The predicted octanol–water partition coefficient (Wildman–Crippen LogP) is 8.76. The lowest BCUT2D eigenvalue weighted by Crippen LogP contribution is -2.32. The fourth-order valence-electron chi connectivity index (χ4n) is 4.89. The second-order valence-electron chi connectivity index (χ2n) is 10.9. The fourth-order valence-corrected chi connectivity index (χ4v) is 5.11. The van der Waals surface area contributed by atoms with E-state index >= 15 is 0 Å². The normalized spacial score (nSPS) is 11.8. The molecule has 0 saturated heterocycles. The second kappa shape index (κ2) is 12.4. The topological polar surface area (TPSA) is 86.6 Å². The van der Waals surface area contributed by atoms with Crippen molar-refractivity contribution >= 4 is 51.6 Å². The highest BCUT2D eigenvalue weighted by molar-refractivity contribution is 6.31. The minimum absolute atomic E-state index is 0.0430. The SMILES string of the molecule is CC(C)CN(CC(C)C)c1ccc(-n2c(C(=O)O)cc3ccccc32)cc1NC(=O)Nc1ccc(Cl)c(C(F)(F)F)c1. The lowest BCUT2D eigenvalue weighted by molar-refractivity contribution is -0.137. The maximum absolute atomic E-state index is 13.4. The zero-order chi connectivity index (χ0) is 30.8. The Balaban J connectivity index is 1.80. The molecule has 11 heteroatoms. The van der Waals surface area contributed by atoms with Crippen LogP contribution in [0.25, 0.3) is 16.6 Å². The van der Waals surface area contributed by atoms with E-state index < -0.39 is 28.8 Å². The van der Waals surface area contributed by atoms with Gasteiger partial charge in [-0.2, -0.15) is 13.2 Å². The highest BCUT2D eigenvalue weighted by Gasteiger charge is 2.33. The molecule has 0 atom stereocenters. The Morgan fingerprint density at radius 3 is 2.21 bits per heavy atom. The lowest BCUT2D eigenvalue weighted by Gasteiger charge is -2.31. The van der Waals surface area contributed by atoms with Crippen molar-refractivity contribution in [2.75, 3.05) is 28.6 Å². The molecule has 0 bridgehead atoms. The van der Waals surface area contributed by atoms with E-state index in [1.807, 2.05) is 18.2 Å². The van der Waals surface area contributed by atoms with Crippen LogP contribution in [0.1, 0.15) is 43.7 Å². The number of nitrogens with zero attached hydrogens (tertiary/aromatic N) is 2. The van der Waals surface area contributed by atoms with Crippen molar-refractivity contribution in [1.82, 2.24) is 4.57 Å². The van der Waals surface area contributed by atoms with E-state index in [4.69, 9.17) is 11.6 Å². The predicted molar refractivity (Wildman–Crippen MR) is 161 cm³/mol. The highest BCUT2D eigenvalue weighted by atomic mass is 35.5. The van der Waals surface area contributed by atoms with Gasteiger partial charge in [-0.25, -0.2) is 9.59 Å². The summed E-state index contributed by atoms with van der Waals surface area (Å²) < 4.78 is 41.7. The van der Waals surface area contributed by atoms with E-state index in [-0.39, 0.29) is 23.2 Å². The number of benzene rings is 3. The first-order chi connectivity index (χ1) is 19.7. The van der Waals surface area contributed by atoms with Crippen molar-refractivity contribution in [3.63, 3.8) is 0 Å². The van der Waals surface area contributed by atoms with Crippen molar-refractivity contribution in [2.24, 2.45) is 11.8 Å². The van der Waals surface area contributed by atoms with E-state index in [0.29, 0.717) is 35.7 Å². The molecule has 4 aromatic rings. The number of rotatable bonds is 9. The molecule has 0 saturated carbocycles. The Morgan fingerprint density at radius 2 is 1.60 bits per heavy atom. The third-order valence-electron chi connectivity index (χ3n) is 6.46. The molecule has 42 heavy (non-hydrogen) atoms. The third kappa shape index (κ3) is 6.99. The number of fused-ring (bicyclic) bond motifs is 1. The standard InChI is InChI=1S/C31H32ClF3N4O3/c1-18(2)16-38(17-19(3)4)27-12-10-22(39-26-8-6-5-7-20(26)13-28(39)29(40)41)15-25(27)37-30(42)36-21-9-11-24(32)23(14-21)31(33,34)35/h5-15,18-19H,16-17H2,1-4H3,(H,40,41)(H2,36,37,42). The molecule has 0 fully saturated rings. The van der Waals surface area contributed by atoms with Crippen LogP contribution in [0.3, 0.4) is 0 Å². The maximum Gasteiger partial charge on any atom is 0.417 e. The number of aromatic nitrogens is 1. The van der Waals surface area contributed by atoms with Crippen molar-refractivity contribution in [1.29, 1.82) is 0 Å². The van der Waals surface area contributed by atoms with Gasteiger partial charge in [-0.3, -0.25) is 0 Å². The first-order valence-electron chi connectivity index (χ1n) is 13.4. The average molecular weight is 601 g/mol.